The summed E-state index contributed by atoms with van der Waals surface area (Å²) in [5.41, 5.74) is 0.452. The van der Waals surface area contributed by atoms with Gasteiger partial charge >= 0.3 is 0 Å². The van der Waals surface area contributed by atoms with E-state index in [0.717, 1.165) is 25.9 Å². The Morgan fingerprint density at radius 2 is 2.23 bits per heavy atom. The van der Waals surface area contributed by atoms with Gasteiger partial charge in [0.1, 0.15) is 0 Å². The van der Waals surface area contributed by atoms with E-state index in [1.807, 2.05) is 6.92 Å². The number of carbonyl (C=O) groups is 1. The number of hydrogen-bond acceptors (Lipinski definition) is 4. The second-order valence-corrected chi connectivity index (χ2v) is 5.53. The van der Waals surface area contributed by atoms with E-state index in [0.29, 0.717) is 11.5 Å². The van der Waals surface area contributed by atoms with Crippen LogP contribution in [0.15, 0.2) is 24.3 Å². The fraction of sp³-hybridized carbons (Fsp3) is 0.533. The number of carbonyl (C=O) groups excluding carboxylic acids is 1. The molecule has 0 radical (unpaired) electrons. The molecule has 2 rings (SSSR count). The van der Waals surface area contributed by atoms with E-state index in [-0.39, 0.29) is 36.5 Å². The predicted octanol–water partition coefficient (Wildman–Crippen LogP) is 2.06. The van der Waals surface area contributed by atoms with Crippen molar-refractivity contribution in [3.8, 4) is 0 Å². The largest absolute Gasteiger partial charge is 0.353 e. The van der Waals surface area contributed by atoms with Gasteiger partial charge in [0, 0.05) is 17.7 Å². The molecule has 22 heavy (non-hydrogen) atoms. The van der Waals surface area contributed by atoms with Crippen LogP contribution in [0.25, 0.3) is 0 Å². The number of amides is 1. The lowest BCUT2D eigenvalue weighted by atomic mass is 9.92. The molecule has 1 heterocycles. The van der Waals surface area contributed by atoms with Crippen LogP contribution < -0.4 is 10.6 Å². The smallest absolute Gasteiger partial charge is 0.273 e. The summed E-state index contributed by atoms with van der Waals surface area (Å²) in [7, 11) is 0. The zero-order valence-corrected chi connectivity index (χ0v) is 13.4. The molecule has 0 spiro atoms. The van der Waals surface area contributed by atoms with E-state index < -0.39 is 4.92 Å². The van der Waals surface area contributed by atoms with Gasteiger partial charge in [0.05, 0.1) is 11.3 Å². The number of rotatable bonds is 5. The van der Waals surface area contributed by atoms with Crippen molar-refractivity contribution in [1.29, 1.82) is 0 Å². The molecule has 0 saturated carbocycles. The van der Waals surface area contributed by atoms with Crippen LogP contribution in [0.5, 0.6) is 0 Å². The number of benzene rings is 1. The first kappa shape index (κ1) is 18.4. The molecular weight excluding hydrogens is 306 g/mol. The highest BCUT2D eigenvalue weighted by atomic mass is 35.5. The van der Waals surface area contributed by atoms with Crippen molar-refractivity contribution in [3.63, 3.8) is 0 Å². The molecule has 0 aromatic heterocycles. The summed E-state index contributed by atoms with van der Waals surface area (Å²) in [5, 5.41) is 17.2. The van der Waals surface area contributed by atoms with Gasteiger partial charge in [-0.3, -0.25) is 14.9 Å². The van der Waals surface area contributed by atoms with Gasteiger partial charge in [-0.05, 0) is 38.8 Å². The fourth-order valence-electron chi connectivity index (χ4n) is 2.74. The van der Waals surface area contributed by atoms with E-state index in [1.54, 1.807) is 18.2 Å². The molecule has 2 unspecified atom stereocenters. The minimum absolute atomic E-state index is 0. The summed E-state index contributed by atoms with van der Waals surface area (Å²) in [5.74, 6) is 0.260. The number of nitro benzene ring substituents is 1. The van der Waals surface area contributed by atoms with Crippen molar-refractivity contribution in [2.45, 2.75) is 32.2 Å². The Kier molecular flexibility index (Phi) is 7.27. The fourth-order valence-corrected chi connectivity index (χ4v) is 2.74. The van der Waals surface area contributed by atoms with Gasteiger partial charge in [0.25, 0.3) is 5.69 Å². The van der Waals surface area contributed by atoms with Gasteiger partial charge < -0.3 is 10.6 Å². The number of nitrogens with zero attached hydrogens (tertiary/aromatic N) is 1. The van der Waals surface area contributed by atoms with Gasteiger partial charge in [0.15, 0.2) is 0 Å². The van der Waals surface area contributed by atoms with E-state index in [4.69, 9.17) is 0 Å². The van der Waals surface area contributed by atoms with Crippen molar-refractivity contribution in [1.82, 2.24) is 10.6 Å². The minimum Gasteiger partial charge on any atom is -0.353 e. The summed E-state index contributed by atoms with van der Waals surface area (Å²) in [6.07, 6.45) is 2.26. The van der Waals surface area contributed by atoms with Crippen molar-refractivity contribution in [2.24, 2.45) is 5.92 Å². The number of piperidine rings is 1. The monoisotopic (exact) mass is 327 g/mol. The topological polar surface area (TPSA) is 84.3 Å². The molecule has 1 aromatic rings. The maximum absolute atomic E-state index is 12.1. The average Bonchev–Trinajstić information content (AvgIpc) is 2.48. The Bertz CT molecular complexity index is 519. The van der Waals surface area contributed by atoms with Crippen LogP contribution in [0.4, 0.5) is 5.69 Å². The first-order valence-corrected chi connectivity index (χ1v) is 7.30. The molecule has 122 valence electrons. The zero-order valence-electron chi connectivity index (χ0n) is 12.6. The average molecular weight is 328 g/mol. The van der Waals surface area contributed by atoms with Crippen molar-refractivity contribution >= 4 is 24.0 Å². The van der Waals surface area contributed by atoms with Crippen LogP contribution in [-0.2, 0) is 11.2 Å². The van der Waals surface area contributed by atoms with Crippen LogP contribution in [0.1, 0.15) is 25.3 Å². The lowest BCUT2D eigenvalue weighted by Gasteiger charge is -2.28. The summed E-state index contributed by atoms with van der Waals surface area (Å²) in [6, 6.07) is 6.45. The first-order valence-electron chi connectivity index (χ1n) is 7.30. The summed E-state index contributed by atoms with van der Waals surface area (Å²) in [6.45, 7) is 3.94. The van der Waals surface area contributed by atoms with E-state index in [9.17, 15) is 14.9 Å². The molecular formula is C15H22ClN3O3. The lowest BCUT2D eigenvalue weighted by Crippen LogP contribution is -2.45. The third kappa shape index (κ3) is 4.96. The SMILES string of the molecule is CC(NC(=O)Cc1ccccc1[N+](=O)[O-])C1CCCNC1.Cl. The molecule has 1 saturated heterocycles. The Morgan fingerprint density at radius 3 is 2.86 bits per heavy atom. The van der Waals surface area contributed by atoms with E-state index in [1.165, 1.54) is 6.07 Å². The molecule has 1 aliphatic rings. The van der Waals surface area contributed by atoms with Crippen LogP contribution in [0, 0.1) is 16.0 Å². The molecule has 1 aromatic carbocycles. The predicted molar refractivity (Wildman–Crippen MR) is 87.2 cm³/mol. The molecule has 1 amide bonds. The Labute approximate surface area is 136 Å². The van der Waals surface area contributed by atoms with Crippen molar-refractivity contribution in [3.05, 3.63) is 39.9 Å². The number of hydrogen-bond donors (Lipinski definition) is 2. The molecule has 1 fully saturated rings. The van der Waals surface area contributed by atoms with Crippen LogP contribution in [0.2, 0.25) is 0 Å². The van der Waals surface area contributed by atoms with Crippen molar-refractivity contribution < 1.29 is 9.72 Å². The van der Waals surface area contributed by atoms with Crippen LogP contribution in [-0.4, -0.2) is 30.0 Å². The molecule has 1 aliphatic heterocycles. The number of halogens is 1. The Balaban J connectivity index is 0.00000242. The molecule has 2 N–H and O–H groups in total. The third-order valence-corrected chi connectivity index (χ3v) is 3.97. The highest BCUT2D eigenvalue weighted by Crippen LogP contribution is 2.19. The molecule has 2 atom stereocenters. The maximum Gasteiger partial charge on any atom is 0.273 e. The van der Waals surface area contributed by atoms with Gasteiger partial charge in [-0.15, -0.1) is 12.4 Å². The highest BCUT2D eigenvalue weighted by Gasteiger charge is 2.22. The highest BCUT2D eigenvalue weighted by molar-refractivity contribution is 5.85. The van der Waals surface area contributed by atoms with E-state index >= 15 is 0 Å². The van der Waals surface area contributed by atoms with E-state index in [2.05, 4.69) is 10.6 Å². The molecule has 0 bridgehead atoms. The van der Waals surface area contributed by atoms with Gasteiger partial charge in [0.2, 0.25) is 5.91 Å². The lowest BCUT2D eigenvalue weighted by molar-refractivity contribution is -0.385. The third-order valence-electron chi connectivity index (χ3n) is 3.97. The van der Waals surface area contributed by atoms with Gasteiger partial charge in [-0.2, -0.15) is 0 Å². The van der Waals surface area contributed by atoms with Crippen LogP contribution >= 0.6 is 12.4 Å². The standard InChI is InChI=1S/C15H21N3O3.ClH/c1-11(13-6-4-8-16-10-13)17-15(19)9-12-5-2-3-7-14(12)18(20)21;/h2-3,5,7,11,13,16H,4,6,8-10H2,1H3,(H,17,19);1H. The zero-order chi connectivity index (χ0) is 15.2. The quantitative estimate of drug-likeness (QED) is 0.640. The normalized spacial score (nSPS) is 18.9. The van der Waals surface area contributed by atoms with Crippen molar-refractivity contribution in [2.75, 3.05) is 13.1 Å². The Hall–Kier alpha value is -1.66. The molecule has 6 nitrogen and oxygen atoms in total. The molecule has 0 aliphatic carbocycles. The second-order valence-electron chi connectivity index (χ2n) is 5.53. The summed E-state index contributed by atoms with van der Waals surface area (Å²) >= 11 is 0. The minimum atomic E-state index is -0.447. The second kappa shape index (κ2) is 8.70. The number of para-hydroxylation sites is 1. The van der Waals surface area contributed by atoms with Gasteiger partial charge in [-0.25, -0.2) is 0 Å². The first-order chi connectivity index (χ1) is 10.1. The Morgan fingerprint density at radius 1 is 1.50 bits per heavy atom. The van der Waals surface area contributed by atoms with Gasteiger partial charge in [-0.1, -0.05) is 18.2 Å². The summed E-state index contributed by atoms with van der Waals surface area (Å²) in [4.78, 5) is 22.6. The number of nitrogens with one attached hydrogen (secondary N) is 2. The van der Waals surface area contributed by atoms with Crippen LogP contribution in [0.3, 0.4) is 0 Å². The number of nitro groups is 1. The molecule has 7 heteroatoms. The summed E-state index contributed by atoms with van der Waals surface area (Å²) < 4.78 is 0. The maximum atomic E-state index is 12.1.